The molecule has 1 amide bonds. The van der Waals surface area contributed by atoms with Crippen LogP contribution in [-0.4, -0.2) is 34.6 Å². The zero-order valence-corrected chi connectivity index (χ0v) is 7.05. The van der Waals surface area contributed by atoms with Crippen LogP contribution in [0.4, 0.5) is 0 Å². The largest absolute Gasteiger partial charge is 0.284 e. The van der Waals surface area contributed by atoms with Gasteiger partial charge in [-0.1, -0.05) is 4.49 Å². The van der Waals surface area contributed by atoms with Gasteiger partial charge in [0.2, 0.25) is 0 Å². The average molecular weight is 172 g/mol. The Balaban J connectivity index is 2.57. The number of hydrazine groups is 1. The molecular formula is C5H8N4OS. The quantitative estimate of drug-likeness (QED) is 0.625. The maximum absolute atomic E-state index is 11.1. The first-order valence-electron chi connectivity index (χ1n) is 2.96. The van der Waals surface area contributed by atoms with E-state index < -0.39 is 0 Å². The van der Waals surface area contributed by atoms with Gasteiger partial charge in [-0.15, -0.1) is 5.10 Å². The van der Waals surface area contributed by atoms with Crippen molar-refractivity contribution >= 4 is 17.4 Å². The summed E-state index contributed by atoms with van der Waals surface area (Å²) in [5, 5.41) is 5.11. The summed E-state index contributed by atoms with van der Waals surface area (Å²) in [4.78, 5) is 11.6. The van der Waals surface area contributed by atoms with Crippen LogP contribution in [0.25, 0.3) is 0 Å². The molecule has 0 aliphatic heterocycles. The van der Waals surface area contributed by atoms with E-state index in [1.807, 2.05) is 0 Å². The van der Waals surface area contributed by atoms with E-state index in [2.05, 4.69) is 15.0 Å². The molecule has 5 nitrogen and oxygen atoms in total. The van der Waals surface area contributed by atoms with Crippen molar-refractivity contribution in [3.63, 3.8) is 0 Å². The van der Waals surface area contributed by atoms with E-state index in [-0.39, 0.29) is 5.91 Å². The third-order valence-electron chi connectivity index (χ3n) is 0.910. The van der Waals surface area contributed by atoms with E-state index in [1.165, 1.54) is 6.20 Å². The molecule has 0 radical (unpaired) electrons. The van der Waals surface area contributed by atoms with Gasteiger partial charge in [-0.05, 0) is 11.5 Å². The number of amides is 1. The smallest absolute Gasteiger partial charge is 0.278 e. The van der Waals surface area contributed by atoms with Crippen LogP contribution >= 0.6 is 11.5 Å². The molecule has 1 heterocycles. The van der Waals surface area contributed by atoms with Crippen molar-refractivity contribution in [1.82, 2.24) is 20.0 Å². The Kier molecular flexibility index (Phi) is 2.50. The normalized spacial score (nSPS) is 10.1. The number of nitrogens with zero attached hydrogens (tertiary/aromatic N) is 3. The summed E-state index contributed by atoms with van der Waals surface area (Å²) >= 11 is 1.07. The summed E-state index contributed by atoms with van der Waals surface area (Å²) in [7, 11) is 3.48. The highest BCUT2D eigenvalue weighted by Crippen LogP contribution is 2.00. The predicted molar refractivity (Wildman–Crippen MR) is 41.1 cm³/mol. The van der Waals surface area contributed by atoms with E-state index in [9.17, 15) is 4.79 Å². The van der Waals surface area contributed by atoms with Gasteiger partial charge in [0.25, 0.3) is 5.91 Å². The number of rotatable bonds is 2. The van der Waals surface area contributed by atoms with Crippen molar-refractivity contribution in [3.05, 3.63) is 11.1 Å². The van der Waals surface area contributed by atoms with Gasteiger partial charge in [0.1, 0.15) is 4.88 Å². The highest BCUT2D eigenvalue weighted by Gasteiger charge is 2.07. The molecule has 0 spiro atoms. The molecule has 1 N–H and O–H groups in total. The minimum absolute atomic E-state index is 0.176. The fourth-order valence-electron chi connectivity index (χ4n) is 0.525. The highest BCUT2D eigenvalue weighted by molar-refractivity contribution is 7.07. The zero-order chi connectivity index (χ0) is 8.27. The molecule has 11 heavy (non-hydrogen) atoms. The lowest BCUT2D eigenvalue weighted by atomic mass is 10.5. The van der Waals surface area contributed by atoms with Crippen LogP contribution in [0.1, 0.15) is 9.67 Å². The number of hydrogen-bond acceptors (Lipinski definition) is 5. The summed E-state index contributed by atoms with van der Waals surface area (Å²) in [5.74, 6) is -0.176. The molecule has 0 saturated heterocycles. The summed E-state index contributed by atoms with van der Waals surface area (Å²) in [5.41, 5.74) is 2.57. The van der Waals surface area contributed by atoms with Crippen LogP contribution < -0.4 is 5.43 Å². The van der Waals surface area contributed by atoms with Crippen LogP contribution in [0.2, 0.25) is 0 Å². The number of aromatic nitrogens is 2. The monoisotopic (exact) mass is 172 g/mol. The van der Waals surface area contributed by atoms with Gasteiger partial charge in [0.15, 0.2) is 0 Å². The van der Waals surface area contributed by atoms with Crippen molar-refractivity contribution in [2.45, 2.75) is 0 Å². The maximum Gasteiger partial charge on any atom is 0.278 e. The van der Waals surface area contributed by atoms with E-state index in [1.54, 1.807) is 19.1 Å². The zero-order valence-electron chi connectivity index (χ0n) is 6.24. The molecule has 1 rings (SSSR count). The van der Waals surface area contributed by atoms with Crippen molar-refractivity contribution in [2.75, 3.05) is 14.1 Å². The Morgan fingerprint density at radius 2 is 2.45 bits per heavy atom. The highest BCUT2D eigenvalue weighted by atomic mass is 32.1. The molecule has 0 unspecified atom stereocenters. The third kappa shape index (κ3) is 2.24. The summed E-state index contributed by atoms with van der Waals surface area (Å²) in [6, 6.07) is 0. The Morgan fingerprint density at radius 1 is 1.73 bits per heavy atom. The van der Waals surface area contributed by atoms with Crippen molar-refractivity contribution < 1.29 is 4.79 Å². The van der Waals surface area contributed by atoms with Crippen molar-refractivity contribution in [1.29, 1.82) is 0 Å². The maximum atomic E-state index is 11.1. The molecule has 6 heteroatoms. The average Bonchev–Trinajstić information content (AvgIpc) is 2.35. The second kappa shape index (κ2) is 3.40. The van der Waals surface area contributed by atoms with Crippen LogP contribution in [0.15, 0.2) is 6.20 Å². The molecular weight excluding hydrogens is 164 g/mol. The molecule has 0 saturated carbocycles. The summed E-state index contributed by atoms with van der Waals surface area (Å²) in [6.07, 6.45) is 1.43. The fraction of sp³-hybridized carbons (Fsp3) is 0.400. The number of carbonyl (C=O) groups excluding carboxylic acids is 1. The van der Waals surface area contributed by atoms with Gasteiger partial charge < -0.3 is 0 Å². The van der Waals surface area contributed by atoms with Crippen LogP contribution in [-0.2, 0) is 0 Å². The van der Waals surface area contributed by atoms with Gasteiger partial charge in [0, 0.05) is 14.1 Å². The topological polar surface area (TPSA) is 58.1 Å². The number of hydrogen-bond donors (Lipinski definition) is 1. The first-order chi connectivity index (χ1) is 5.20. The lowest BCUT2D eigenvalue weighted by Crippen LogP contribution is -2.35. The molecule has 0 bridgehead atoms. The van der Waals surface area contributed by atoms with E-state index in [0.29, 0.717) is 4.88 Å². The van der Waals surface area contributed by atoms with Crippen molar-refractivity contribution in [2.24, 2.45) is 0 Å². The molecule has 0 aliphatic carbocycles. The van der Waals surface area contributed by atoms with Crippen LogP contribution in [0.5, 0.6) is 0 Å². The molecule has 0 aliphatic rings. The fourth-order valence-corrected chi connectivity index (χ4v) is 0.930. The van der Waals surface area contributed by atoms with Crippen LogP contribution in [0, 0.1) is 0 Å². The summed E-state index contributed by atoms with van der Waals surface area (Å²) < 4.78 is 3.56. The molecule has 0 aromatic carbocycles. The lowest BCUT2D eigenvalue weighted by molar-refractivity contribution is 0.0861. The molecule has 60 valence electrons. The van der Waals surface area contributed by atoms with E-state index in [4.69, 9.17) is 0 Å². The van der Waals surface area contributed by atoms with Gasteiger partial charge >= 0.3 is 0 Å². The Labute approximate surface area is 68.2 Å². The predicted octanol–water partition coefficient (Wildman–Crippen LogP) is -0.256. The Hall–Kier alpha value is -1.01. The minimum Gasteiger partial charge on any atom is -0.284 e. The SMILES string of the molecule is CN(C)NC(=O)c1cnns1. The standard InChI is InChI=1S/C5H8N4OS/c1-9(2)7-5(10)4-3-6-8-11-4/h3H,1-2H3,(H,7,10). The first-order valence-corrected chi connectivity index (χ1v) is 3.73. The summed E-state index contributed by atoms with van der Waals surface area (Å²) in [6.45, 7) is 0. The van der Waals surface area contributed by atoms with Gasteiger partial charge in [-0.2, -0.15) is 0 Å². The van der Waals surface area contributed by atoms with Crippen molar-refractivity contribution in [3.8, 4) is 0 Å². The minimum atomic E-state index is -0.176. The Bertz CT molecular complexity index is 233. The van der Waals surface area contributed by atoms with Gasteiger partial charge in [-0.3, -0.25) is 10.2 Å². The van der Waals surface area contributed by atoms with Gasteiger partial charge in [0.05, 0.1) is 6.20 Å². The first kappa shape index (κ1) is 8.09. The second-order valence-electron chi connectivity index (χ2n) is 2.12. The van der Waals surface area contributed by atoms with Crippen LogP contribution in [0.3, 0.4) is 0 Å². The molecule has 1 aromatic heterocycles. The third-order valence-corrected chi connectivity index (χ3v) is 1.57. The second-order valence-corrected chi connectivity index (χ2v) is 2.90. The number of carbonyl (C=O) groups is 1. The lowest BCUT2D eigenvalue weighted by Gasteiger charge is -2.09. The number of nitrogens with one attached hydrogen (secondary N) is 1. The molecule has 0 atom stereocenters. The van der Waals surface area contributed by atoms with E-state index in [0.717, 1.165) is 11.5 Å². The molecule has 1 aromatic rings. The van der Waals surface area contributed by atoms with Gasteiger partial charge in [-0.25, -0.2) is 5.01 Å². The molecule has 0 fully saturated rings. The van der Waals surface area contributed by atoms with E-state index >= 15 is 0 Å². The Morgan fingerprint density at radius 3 is 2.91 bits per heavy atom.